The van der Waals surface area contributed by atoms with Gasteiger partial charge in [-0.2, -0.15) is 0 Å². The molecule has 1 aromatic rings. The van der Waals surface area contributed by atoms with E-state index < -0.39 is 5.54 Å². The summed E-state index contributed by atoms with van der Waals surface area (Å²) >= 11 is 0. The molecule has 1 amide bonds. The molecule has 0 saturated heterocycles. The van der Waals surface area contributed by atoms with Gasteiger partial charge in [-0.3, -0.25) is 4.79 Å². The molecular weight excluding hydrogens is 272 g/mol. The molecule has 1 atom stereocenters. The third-order valence-corrected chi connectivity index (χ3v) is 3.86. The van der Waals surface area contributed by atoms with Gasteiger partial charge in [-0.1, -0.05) is 0 Å². The van der Waals surface area contributed by atoms with Crippen molar-refractivity contribution in [3.05, 3.63) is 18.2 Å². The minimum Gasteiger partial charge on any atom is -0.493 e. The van der Waals surface area contributed by atoms with Crippen LogP contribution in [0, 0.1) is 0 Å². The number of primary amides is 1. The van der Waals surface area contributed by atoms with E-state index in [4.69, 9.17) is 19.9 Å². The molecule has 114 valence electrons. The van der Waals surface area contributed by atoms with Crippen LogP contribution in [0.2, 0.25) is 0 Å². The molecule has 0 aromatic heterocycles. The van der Waals surface area contributed by atoms with Gasteiger partial charge in [-0.25, -0.2) is 0 Å². The lowest BCUT2D eigenvalue weighted by Crippen LogP contribution is -2.54. The highest BCUT2D eigenvalue weighted by Crippen LogP contribution is 2.35. The van der Waals surface area contributed by atoms with Crippen LogP contribution >= 0.6 is 0 Å². The molecule has 3 N–H and O–H groups in total. The Morgan fingerprint density at radius 2 is 2.19 bits per heavy atom. The lowest BCUT2D eigenvalue weighted by Gasteiger charge is -2.27. The molecule has 0 radical (unpaired) electrons. The zero-order valence-corrected chi connectivity index (χ0v) is 12.1. The summed E-state index contributed by atoms with van der Waals surface area (Å²) in [6, 6.07) is 5.84. The van der Waals surface area contributed by atoms with E-state index in [1.165, 1.54) is 0 Å². The maximum Gasteiger partial charge on any atom is 0.237 e. The average molecular weight is 292 g/mol. The van der Waals surface area contributed by atoms with Crippen LogP contribution in [0.5, 0.6) is 17.2 Å². The fourth-order valence-electron chi connectivity index (χ4n) is 2.28. The van der Waals surface area contributed by atoms with Gasteiger partial charge in [-0.05, 0) is 31.9 Å². The van der Waals surface area contributed by atoms with Gasteiger partial charge in [0.2, 0.25) is 12.7 Å². The normalized spacial score (nSPS) is 19.1. The van der Waals surface area contributed by atoms with Crippen molar-refractivity contribution in [1.29, 1.82) is 0 Å². The molecule has 6 heteroatoms. The topological polar surface area (TPSA) is 82.8 Å². The summed E-state index contributed by atoms with van der Waals surface area (Å²) in [5.74, 6) is 1.75. The number of hydrogen-bond acceptors (Lipinski definition) is 5. The highest BCUT2D eigenvalue weighted by Gasteiger charge is 2.36. The minimum absolute atomic E-state index is 0.240. The van der Waals surface area contributed by atoms with Gasteiger partial charge < -0.3 is 25.3 Å². The molecule has 1 saturated carbocycles. The minimum atomic E-state index is -0.725. The summed E-state index contributed by atoms with van der Waals surface area (Å²) in [5.41, 5.74) is 4.78. The maximum atomic E-state index is 11.6. The van der Waals surface area contributed by atoms with E-state index in [9.17, 15) is 4.79 Å². The average Bonchev–Trinajstić information content (AvgIpc) is 3.13. The number of fused-ring (bicyclic) bond motifs is 1. The van der Waals surface area contributed by atoms with Crippen LogP contribution < -0.4 is 25.3 Å². The smallest absolute Gasteiger partial charge is 0.237 e. The Kier molecular flexibility index (Phi) is 3.63. The van der Waals surface area contributed by atoms with Crippen molar-refractivity contribution in [2.24, 2.45) is 5.73 Å². The number of hydrogen-bond donors (Lipinski definition) is 2. The van der Waals surface area contributed by atoms with Crippen molar-refractivity contribution in [3.8, 4) is 17.2 Å². The second-order valence-corrected chi connectivity index (χ2v) is 5.73. The Hall–Kier alpha value is -1.95. The lowest BCUT2D eigenvalue weighted by molar-refractivity contribution is -0.124. The van der Waals surface area contributed by atoms with Gasteiger partial charge in [-0.15, -0.1) is 0 Å². The van der Waals surface area contributed by atoms with Gasteiger partial charge in [0.1, 0.15) is 5.75 Å². The number of amides is 1. The van der Waals surface area contributed by atoms with E-state index in [1.807, 2.05) is 19.1 Å². The molecule has 1 fully saturated rings. The Morgan fingerprint density at radius 3 is 2.90 bits per heavy atom. The van der Waals surface area contributed by atoms with Gasteiger partial charge in [0.15, 0.2) is 11.5 Å². The van der Waals surface area contributed by atoms with Crippen molar-refractivity contribution in [1.82, 2.24) is 5.32 Å². The molecule has 6 nitrogen and oxygen atoms in total. The SMILES string of the molecule is CC(CCOc1ccc2c(c1)OCO2)(NC1CC1)C(N)=O. The summed E-state index contributed by atoms with van der Waals surface area (Å²) in [5, 5.41) is 3.30. The summed E-state index contributed by atoms with van der Waals surface area (Å²) in [7, 11) is 0. The van der Waals surface area contributed by atoms with E-state index in [1.54, 1.807) is 6.07 Å². The third kappa shape index (κ3) is 3.21. The first-order valence-electron chi connectivity index (χ1n) is 7.17. The Bertz CT molecular complexity index is 544. The molecule has 1 unspecified atom stereocenters. The first kappa shape index (κ1) is 14.0. The van der Waals surface area contributed by atoms with Crippen LogP contribution in [-0.4, -0.2) is 30.9 Å². The van der Waals surface area contributed by atoms with Crippen molar-refractivity contribution in [2.45, 2.75) is 37.8 Å². The van der Waals surface area contributed by atoms with E-state index in [0.29, 0.717) is 30.6 Å². The zero-order chi connectivity index (χ0) is 14.9. The summed E-state index contributed by atoms with van der Waals surface area (Å²) in [6.45, 7) is 2.47. The van der Waals surface area contributed by atoms with Crippen LogP contribution in [0.25, 0.3) is 0 Å². The van der Waals surface area contributed by atoms with Crippen LogP contribution in [-0.2, 0) is 4.79 Å². The van der Waals surface area contributed by atoms with E-state index in [2.05, 4.69) is 5.32 Å². The molecular formula is C15H20N2O4. The largest absolute Gasteiger partial charge is 0.493 e. The molecule has 2 aliphatic rings. The van der Waals surface area contributed by atoms with E-state index in [-0.39, 0.29) is 12.7 Å². The van der Waals surface area contributed by atoms with Crippen LogP contribution in [0.15, 0.2) is 18.2 Å². The van der Waals surface area contributed by atoms with Crippen molar-refractivity contribution in [3.63, 3.8) is 0 Å². The molecule has 1 aliphatic heterocycles. The molecule has 1 aliphatic carbocycles. The molecule has 3 rings (SSSR count). The first-order valence-corrected chi connectivity index (χ1v) is 7.17. The maximum absolute atomic E-state index is 11.6. The highest BCUT2D eigenvalue weighted by atomic mass is 16.7. The van der Waals surface area contributed by atoms with Gasteiger partial charge in [0, 0.05) is 18.5 Å². The predicted octanol–water partition coefficient (Wildman–Crippen LogP) is 1.18. The zero-order valence-electron chi connectivity index (χ0n) is 12.1. The monoisotopic (exact) mass is 292 g/mol. The number of benzene rings is 1. The fourth-order valence-corrected chi connectivity index (χ4v) is 2.28. The summed E-state index contributed by atoms with van der Waals surface area (Å²) in [4.78, 5) is 11.6. The number of carbonyl (C=O) groups excluding carboxylic acids is 1. The molecule has 21 heavy (non-hydrogen) atoms. The van der Waals surface area contributed by atoms with Gasteiger partial charge in [0.05, 0.1) is 12.1 Å². The van der Waals surface area contributed by atoms with Crippen LogP contribution in [0.3, 0.4) is 0 Å². The number of nitrogens with one attached hydrogen (secondary N) is 1. The molecule has 1 aromatic carbocycles. The quantitative estimate of drug-likeness (QED) is 0.788. The third-order valence-electron chi connectivity index (χ3n) is 3.86. The highest BCUT2D eigenvalue weighted by molar-refractivity contribution is 5.84. The Morgan fingerprint density at radius 1 is 1.43 bits per heavy atom. The standard InChI is InChI=1S/C15H20N2O4/c1-15(14(16)18,17-10-2-3-10)6-7-19-11-4-5-12-13(8-11)21-9-20-12/h4-5,8,10,17H,2-3,6-7,9H2,1H3,(H2,16,18). The predicted molar refractivity (Wildman–Crippen MR) is 76.4 cm³/mol. The van der Waals surface area contributed by atoms with Crippen LogP contribution in [0.4, 0.5) is 0 Å². The number of ether oxygens (including phenoxy) is 3. The molecule has 1 heterocycles. The Balaban J connectivity index is 1.55. The Labute approximate surface area is 123 Å². The number of nitrogens with two attached hydrogens (primary N) is 1. The van der Waals surface area contributed by atoms with Crippen molar-refractivity contribution < 1.29 is 19.0 Å². The number of carbonyl (C=O) groups is 1. The molecule has 0 spiro atoms. The number of rotatable bonds is 7. The summed E-state index contributed by atoms with van der Waals surface area (Å²) < 4.78 is 16.2. The van der Waals surface area contributed by atoms with Gasteiger partial charge >= 0.3 is 0 Å². The van der Waals surface area contributed by atoms with Crippen molar-refractivity contribution >= 4 is 5.91 Å². The van der Waals surface area contributed by atoms with Crippen molar-refractivity contribution in [2.75, 3.05) is 13.4 Å². The fraction of sp³-hybridized carbons (Fsp3) is 0.533. The van der Waals surface area contributed by atoms with E-state index in [0.717, 1.165) is 18.6 Å². The van der Waals surface area contributed by atoms with Crippen LogP contribution in [0.1, 0.15) is 26.2 Å². The van der Waals surface area contributed by atoms with Gasteiger partial charge in [0.25, 0.3) is 0 Å². The molecule has 0 bridgehead atoms. The first-order chi connectivity index (χ1) is 10.1. The second-order valence-electron chi connectivity index (χ2n) is 5.73. The lowest BCUT2D eigenvalue weighted by atomic mass is 9.97. The van der Waals surface area contributed by atoms with E-state index >= 15 is 0 Å². The summed E-state index contributed by atoms with van der Waals surface area (Å²) in [6.07, 6.45) is 2.73. The second kappa shape index (κ2) is 5.44.